The van der Waals surface area contributed by atoms with Crippen LogP contribution in [0.3, 0.4) is 0 Å². The van der Waals surface area contributed by atoms with Crippen LogP contribution in [-0.2, 0) is 0 Å². The van der Waals surface area contributed by atoms with E-state index < -0.39 is 0 Å². The number of hydrogen-bond donors (Lipinski definition) is 0. The van der Waals surface area contributed by atoms with E-state index in [2.05, 4.69) is 29.8 Å². The largest absolute Gasteiger partial charge is 0.0891 e. The summed E-state index contributed by atoms with van der Waals surface area (Å²) in [7, 11) is 0. The van der Waals surface area contributed by atoms with Crippen LogP contribution in [0.5, 0.6) is 0 Å². The van der Waals surface area contributed by atoms with E-state index in [4.69, 9.17) is 0 Å². The van der Waals surface area contributed by atoms with Crippen LogP contribution >= 0.6 is 15.9 Å². The number of rotatable bonds is 23. The molecule has 0 aliphatic rings. The highest BCUT2D eigenvalue weighted by Crippen LogP contribution is 2.20. The van der Waals surface area contributed by atoms with Crippen LogP contribution in [-0.4, -0.2) is 4.83 Å². The second-order valence-corrected chi connectivity index (χ2v) is 10.2. The Morgan fingerprint density at radius 2 is 0.593 bits per heavy atom. The number of halogens is 1. The van der Waals surface area contributed by atoms with Crippen molar-refractivity contribution in [3.8, 4) is 0 Å². The van der Waals surface area contributed by atoms with Gasteiger partial charge in [-0.3, -0.25) is 0 Å². The minimum Gasteiger partial charge on any atom is -0.0891 e. The minimum atomic E-state index is 0.783. The molecule has 0 aromatic rings. The summed E-state index contributed by atoms with van der Waals surface area (Å²) in [5.74, 6) is 0. The second kappa shape index (κ2) is 24.5. The summed E-state index contributed by atoms with van der Waals surface area (Å²) in [5, 5.41) is 0. The third-order valence-corrected chi connectivity index (χ3v) is 6.91. The van der Waals surface area contributed by atoms with Gasteiger partial charge in [-0.1, -0.05) is 165 Å². The number of hydrogen-bond acceptors (Lipinski definition) is 0. The van der Waals surface area contributed by atoms with Gasteiger partial charge in [-0.25, -0.2) is 0 Å². The molecule has 0 rings (SSSR count). The smallest absolute Gasteiger partial charge is 0.0145 e. The standard InChI is InChI=1S/C26H53Br/c1-3-5-7-9-11-12-13-14-15-16-17-18-19-21-23-25-26(27)24-22-20-10-8-6-4-2/h26H,3-25H2,1-2H3. The molecular weight excluding hydrogens is 392 g/mol. The summed E-state index contributed by atoms with van der Waals surface area (Å²) < 4.78 is 0. The normalized spacial score (nSPS) is 12.6. The fourth-order valence-corrected chi connectivity index (χ4v) is 4.68. The zero-order chi connectivity index (χ0) is 19.8. The molecule has 164 valence electrons. The van der Waals surface area contributed by atoms with E-state index in [0.717, 1.165) is 4.83 Å². The highest BCUT2D eigenvalue weighted by Gasteiger charge is 2.03. The van der Waals surface area contributed by atoms with Crippen molar-refractivity contribution in [3.63, 3.8) is 0 Å². The predicted octanol–water partition coefficient (Wildman–Crippen LogP) is 10.8. The van der Waals surface area contributed by atoms with E-state index in [-0.39, 0.29) is 0 Å². The first-order chi connectivity index (χ1) is 13.3. The Bertz CT molecular complexity index is 251. The van der Waals surface area contributed by atoms with Gasteiger partial charge in [-0.15, -0.1) is 0 Å². The van der Waals surface area contributed by atoms with Gasteiger partial charge in [0.15, 0.2) is 0 Å². The fourth-order valence-electron chi connectivity index (χ4n) is 4.03. The molecule has 0 spiro atoms. The average molecular weight is 446 g/mol. The summed E-state index contributed by atoms with van der Waals surface area (Å²) in [5.41, 5.74) is 0. The van der Waals surface area contributed by atoms with E-state index >= 15 is 0 Å². The van der Waals surface area contributed by atoms with Crippen LogP contribution < -0.4 is 0 Å². The van der Waals surface area contributed by atoms with Crippen molar-refractivity contribution in [1.82, 2.24) is 0 Å². The molecule has 0 fully saturated rings. The molecular formula is C26H53Br. The molecule has 1 atom stereocenters. The van der Waals surface area contributed by atoms with Crippen LogP contribution in [0, 0.1) is 0 Å². The molecule has 0 aliphatic heterocycles. The van der Waals surface area contributed by atoms with Gasteiger partial charge in [0.05, 0.1) is 0 Å². The van der Waals surface area contributed by atoms with Crippen LogP contribution in [0.25, 0.3) is 0 Å². The summed E-state index contributed by atoms with van der Waals surface area (Å²) in [4.78, 5) is 0.783. The molecule has 0 saturated heterocycles. The van der Waals surface area contributed by atoms with E-state index in [0.29, 0.717) is 0 Å². The maximum atomic E-state index is 3.90. The molecule has 0 radical (unpaired) electrons. The second-order valence-electron chi connectivity index (χ2n) is 8.89. The van der Waals surface area contributed by atoms with Crippen LogP contribution in [0.4, 0.5) is 0 Å². The monoisotopic (exact) mass is 444 g/mol. The van der Waals surface area contributed by atoms with Gasteiger partial charge in [0.2, 0.25) is 0 Å². The zero-order valence-corrected chi connectivity index (χ0v) is 20.8. The summed E-state index contributed by atoms with van der Waals surface area (Å²) in [6, 6.07) is 0. The molecule has 1 heteroatoms. The Morgan fingerprint density at radius 1 is 0.370 bits per heavy atom. The number of unbranched alkanes of at least 4 members (excludes halogenated alkanes) is 19. The van der Waals surface area contributed by atoms with Crippen molar-refractivity contribution in [2.24, 2.45) is 0 Å². The molecule has 0 aliphatic carbocycles. The Kier molecular flexibility index (Phi) is 25.0. The van der Waals surface area contributed by atoms with E-state index in [1.807, 2.05) is 0 Å². The van der Waals surface area contributed by atoms with Crippen LogP contribution in [0.1, 0.15) is 162 Å². The first-order valence-corrected chi connectivity index (χ1v) is 13.9. The minimum absolute atomic E-state index is 0.783. The van der Waals surface area contributed by atoms with Gasteiger partial charge < -0.3 is 0 Å². The Hall–Kier alpha value is 0.480. The molecule has 0 amide bonds. The Balaban J connectivity index is 3.09. The van der Waals surface area contributed by atoms with Crippen molar-refractivity contribution in [2.45, 2.75) is 166 Å². The van der Waals surface area contributed by atoms with Crippen molar-refractivity contribution in [3.05, 3.63) is 0 Å². The van der Waals surface area contributed by atoms with Crippen molar-refractivity contribution < 1.29 is 0 Å². The SMILES string of the molecule is CCCCCCCCCCCCCCCCCC(Br)CCCCCCCC. The van der Waals surface area contributed by atoms with Crippen LogP contribution in [0.2, 0.25) is 0 Å². The van der Waals surface area contributed by atoms with Gasteiger partial charge in [0.25, 0.3) is 0 Å². The first kappa shape index (κ1) is 27.5. The first-order valence-electron chi connectivity index (χ1n) is 12.9. The lowest BCUT2D eigenvalue weighted by Crippen LogP contribution is -1.97. The molecule has 0 N–H and O–H groups in total. The molecule has 0 nitrogen and oxygen atoms in total. The third-order valence-electron chi connectivity index (χ3n) is 5.99. The third kappa shape index (κ3) is 24.4. The van der Waals surface area contributed by atoms with Gasteiger partial charge in [-0.2, -0.15) is 0 Å². The lowest BCUT2D eigenvalue weighted by molar-refractivity contribution is 0.522. The average Bonchev–Trinajstić information content (AvgIpc) is 2.67. The van der Waals surface area contributed by atoms with E-state index in [1.165, 1.54) is 148 Å². The van der Waals surface area contributed by atoms with Crippen LogP contribution in [0.15, 0.2) is 0 Å². The summed E-state index contributed by atoms with van der Waals surface area (Å²) in [6.45, 7) is 4.60. The van der Waals surface area contributed by atoms with Gasteiger partial charge in [0, 0.05) is 4.83 Å². The van der Waals surface area contributed by atoms with E-state index in [9.17, 15) is 0 Å². The molecule has 0 aromatic heterocycles. The summed E-state index contributed by atoms with van der Waals surface area (Å²) in [6.07, 6.45) is 33.3. The molecule has 0 aromatic carbocycles. The Morgan fingerprint density at radius 3 is 0.852 bits per heavy atom. The maximum absolute atomic E-state index is 3.90. The van der Waals surface area contributed by atoms with Gasteiger partial charge in [-0.05, 0) is 12.8 Å². The van der Waals surface area contributed by atoms with Crippen molar-refractivity contribution in [1.29, 1.82) is 0 Å². The van der Waals surface area contributed by atoms with Gasteiger partial charge >= 0.3 is 0 Å². The maximum Gasteiger partial charge on any atom is 0.0145 e. The lowest BCUT2D eigenvalue weighted by Gasteiger charge is -2.09. The molecule has 0 saturated carbocycles. The van der Waals surface area contributed by atoms with Crippen molar-refractivity contribution in [2.75, 3.05) is 0 Å². The number of alkyl halides is 1. The predicted molar refractivity (Wildman–Crippen MR) is 130 cm³/mol. The van der Waals surface area contributed by atoms with Crippen molar-refractivity contribution >= 4 is 15.9 Å². The molecule has 0 bridgehead atoms. The quantitative estimate of drug-likeness (QED) is 0.108. The summed E-state index contributed by atoms with van der Waals surface area (Å²) >= 11 is 3.90. The Labute approximate surface area is 182 Å². The fraction of sp³-hybridized carbons (Fsp3) is 1.00. The lowest BCUT2D eigenvalue weighted by atomic mass is 10.0. The van der Waals surface area contributed by atoms with E-state index in [1.54, 1.807) is 0 Å². The molecule has 0 heterocycles. The highest BCUT2D eigenvalue weighted by atomic mass is 79.9. The topological polar surface area (TPSA) is 0 Å². The zero-order valence-electron chi connectivity index (χ0n) is 19.2. The highest BCUT2D eigenvalue weighted by molar-refractivity contribution is 9.09. The molecule has 1 unspecified atom stereocenters. The molecule has 27 heavy (non-hydrogen) atoms. The van der Waals surface area contributed by atoms with Gasteiger partial charge in [0.1, 0.15) is 0 Å².